The van der Waals surface area contributed by atoms with Gasteiger partial charge in [-0.1, -0.05) is 35.4 Å². The second-order valence-corrected chi connectivity index (χ2v) is 6.45. The molecule has 138 valence electrons. The van der Waals surface area contributed by atoms with Gasteiger partial charge < -0.3 is 10.6 Å². The highest BCUT2D eigenvalue weighted by Gasteiger charge is 2.11. The Bertz CT molecular complexity index is 928. The fourth-order valence-corrected chi connectivity index (χ4v) is 2.52. The molecule has 2 amide bonds. The van der Waals surface area contributed by atoms with Crippen LogP contribution in [-0.4, -0.2) is 21.6 Å². The van der Waals surface area contributed by atoms with Crippen molar-refractivity contribution in [2.24, 2.45) is 0 Å². The first-order valence-corrected chi connectivity index (χ1v) is 8.77. The maximum Gasteiger partial charge on any atom is 0.276 e. The first-order chi connectivity index (χ1) is 13.0. The van der Waals surface area contributed by atoms with Gasteiger partial charge >= 0.3 is 0 Å². The van der Waals surface area contributed by atoms with Gasteiger partial charge in [0.1, 0.15) is 0 Å². The Labute approximate surface area is 158 Å². The number of benzene rings is 2. The summed E-state index contributed by atoms with van der Waals surface area (Å²) in [5.41, 5.74) is 4.07. The van der Waals surface area contributed by atoms with E-state index in [0.29, 0.717) is 12.2 Å². The van der Waals surface area contributed by atoms with Crippen LogP contribution in [0.25, 0.3) is 0 Å². The third-order valence-corrected chi connectivity index (χ3v) is 4.09. The summed E-state index contributed by atoms with van der Waals surface area (Å²) >= 11 is 0. The molecule has 2 aromatic carbocycles. The van der Waals surface area contributed by atoms with Crippen LogP contribution in [0.15, 0.2) is 60.8 Å². The molecule has 0 saturated carbocycles. The molecule has 0 spiro atoms. The quantitative estimate of drug-likeness (QED) is 0.701. The van der Waals surface area contributed by atoms with E-state index in [0.717, 1.165) is 22.5 Å². The highest BCUT2D eigenvalue weighted by molar-refractivity contribution is 6.02. The summed E-state index contributed by atoms with van der Waals surface area (Å²) < 4.78 is 1.60. The lowest BCUT2D eigenvalue weighted by Gasteiger charge is -2.06. The summed E-state index contributed by atoms with van der Waals surface area (Å²) in [6.07, 6.45) is 1.97. The molecule has 0 fully saturated rings. The first-order valence-electron chi connectivity index (χ1n) is 8.77. The van der Waals surface area contributed by atoms with Crippen molar-refractivity contribution in [1.29, 1.82) is 0 Å². The van der Waals surface area contributed by atoms with Gasteiger partial charge in [-0.2, -0.15) is 5.10 Å². The van der Waals surface area contributed by atoms with Crippen LogP contribution in [-0.2, 0) is 11.3 Å². The molecule has 1 heterocycles. The van der Waals surface area contributed by atoms with E-state index < -0.39 is 0 Å². The second-order valence-electron chi connectivity index (χ2n) is 6.45. The molecule has 0 atom stereocenters. The third-order valence-electron chi connectivity index (χ3n) is 4.09. The molecule has 0 saturated heterocycles. The lowest BCUT2D eigenvalue weighted by Crippen LogP contribution is -2.16. The maximum absolute atomic E-state index is 12.3. The number of hydrogen-bond acceptors (Lipinski definition) is 3. The zero-order valence-electron chi connectivity index (χ0n) is 15.4. The van der Waals surface area contributed by atoms with Gasteiger partial charge in [-0.05, 0) is 44.2 Å². The molecule has 0 aliphatic carbocycles. The lowest BCUT2D eigenvalue weighted by molar-refractivity contribution is -0.116. The van der Waals surface area contributed by atoms with Crippen LogP contribution in [0.3, 0.4) is 0 Å². The predicted molar refractivity (Wildman–Crippen MR) is 106 cm³/mol. The molecule has 0 radical (unpaired) electrons. The number of hydrogen-bond donors (Lipinski definition) is 2. The van der Waals surface area contributed by atoms with Crippen molar-refractivity contribution in [2.75, 3.05) is 10.6 Å². The van der Waals surface area contributed by atoms with Gasteiger partial charge in [0.25, 0.3) is 5.91 Å². The second kappa shape index (κ2) is 8.31. The van der Waals surface area contributed by atoms with Gasteiger partial charge in [-0.25, -0.2) is 0 Å². The number of amides is 2. The summed E-state index contributed by atoms with van der Waals surface area (Å²) in [4.78, 5) is 24.3. The highest BCUT2D eigenvalue weighted by Crippen LogP contribution is 2.11. The van der Waals surface area contributed by atoms with Gasteiger partial charge in [0.05, 0.1) is 0 Å². The zero-order chi connectivity index (χ0) is 19.2. The maximum atomic E-state index is 12.3. The molecular formula is C21H22N4O2. The summed E-state index contributed by atoms with van der Waals surface area (Å²) in [6.45, 7) is 4.38. The third kappa shape index (κ3) is 5.28. The highest BCUT2D eigenvalue weighted by atomic mass is 16.2. The Morgan fingerprint density at radius 2 is 1.41 bits per heavy atom. The molecule has 0 aliphatic heterocycles. The van der Waals surface area contributed by atoms with E-state index in [9.17, 15) is 9.59 Å². The fraction of sp³-hybridized carbons (Fsp3) is 0.190. The summed E-state index contributed by atoms with van der Waals surface area (Å²) in [6, 6.07) is 16.8. The number of aryl methyl sites for hydroxylation is 3. The summed E-state index contributed by atoms with van der Waals surface area (Å²) in [5, 5.41) is 9.89. The number of rotatable bonds is 6. The van der Waals surface area contributed by atoms with Crippen LogP contribution >= 0.6 is 0 Å². The van der Waals surface area contributed by atoms with Crippen LogP contribution in [0.4, 0.5) is 11.4 Å². The normalized spacial score (nSPS) is 10.4. The van der Waals surface area contributed by atoms with E-state index in [4.69, 9.17) is 0 Å². The fourth-order valence-electron chi connectivity index (χ4n) is 2.52. The van der Waals surface area contributed by atoms with Crippen LogP contribution in [0, 0.1) is 13.8 Å². The summed E-state index contributed by atoms with van der Waals surface area (Å²) in [5.74, 6) is -0.373. The lowest BCUT2D eigenvalue weighted by atomic mass is 10.2. The zero-order valence-corrected chi connectivity index (χ0v) is 15.4. The van der Waals surface area contributed by atoms with Gasteiger partial charge in [-0.15, -0.1) is 0 Å². The van der Waals surface area contributed by atoms with Crippen molar-refractivity contribution in [3.63, 3.8) is 0 Å². The number of carbonyl (C=O) groups is 2. The van der Waals surface area contributed by atoms with Crippen LogP contribution in [0.2, 0.25) is 0 Å². The molecule has 3 rings (SSSR count). The van der Waals surface area contributed by atoms with Crippen molar-refractivity contribution < 1.29 is 9.59 Å². The van der Waals surface area contributed by atoms with E-state index in [-0.39, 0.29) is 18.2 Å². The Kier molecular flexibility index (Phi) is 5.66. The van der Waals surface area contributed by atoms with E-state index in [1.54, 1.807) is 16.9 Å². The Hall–Kier alpha value is -3.41. The number of nitrogens with one attached hydrogen (secondary N) is 2. The van der Waals surface area contributed by atoms with Crippen molar-refractivity contribution in [3.8, 4) is 0 Å². The van der Waals surface area contributed by atoms with Crippen LogP contribution in [0.1, 0.15) is 28.0 Å². The molecule has 27 heavy (non-hydrogen) atoms. The van der Waals surface area contributed by atoms with E-state index in [2.05, 4.69) is 15.7 Å². The molecule has 6 nitrogen and oxygen atoms in total. The largest absolute Gasteiger partial charge is 0.326 e. The smallest absolute Gasteiger partial charge is 0.276 e. The predicted octanol–water partition coefficient (Wildman–Crippen LogP) is 3.78. The standard InChI is InChI=1S/C21H22N4O2/c1-15-3-7-17(8-4-15)22-20(26)12-14-25-13-11-19(24-25)21(27)23-18-9-5-16(2)6-10-18/h3-11,13H,12,14H2,1-2H3,(H,22,26)(H,23,27). The van der Waals surface area contributed by atoms with Gasteiger partial charge in [0.2, 0.25) is 5.91 Å². The van der Waals surface area contributed by atoms with Crippen LogP contribution in [0.5, 0.6) is 0 Å². The van der Waals surface area contributed by atoms with Crippen molar-refractivity contribution in [2.45, 2.75) is 26.8 Å². The van der Waals surface area contributed by atoms with Gasteiger partial charge in [0, 0.05) is 30.5 Å². The van der Waals surface area contributed by atoms with Gasteiger partial charge in [-0.3, -0.25) is 14.3 Å². The van der Waals surface area contributed by atoms with Gasteiger partial charge in [0.15, 0.2) is 5.69 Å². The molecule has 0 unspecified atom stereocenters. The number of nitrogens with zero attached hydrogens (tertiary/aromatic N) is 2. The van der Waals surface area contributed by atoms with E-state index in [1.165, 1.54) is 0 Å². The SMILES string of the molecule is Cc1ccc(NC(=O)CCn2ccc(C(=O)Nc3ccc(C)cc3)n2)cc1. The average molecular weight is 362 g/mol. The molecular weight excluding hydrogens is 340 g/mol. The first kappa shape index (κ1) is 18.4. The molecule has 2 N–H and O–H groups in total. The topological polar surface area (TPSA) is 76.0 Å². The average Bonchev–Trinajstić information content (AvgIpc) is 3.13. The number of anilines is 2. The molecule has 3 aromatic rings. The van der Waals surface area contributed by atoms with Crippen molar-refractivity contribution in [3.05, 3.63) is 77.6 Å². The van der Waals surface area contributed by atoms with Crippen molar-refractivity contribution >= 4 is 23.2 Å². The van der Waals surface area contributed by atoms with Crippen molar-refractivity contribution in [1.82, 2.24) is 9.78 Å². The molecule has 6 heteroatoms. The minimum absolute atomic E-state index is 0.0972. The Morgan fingerprint density at radius 1 is 0.852 bits per heavy atom. The minimum atomic E-state index is -0.276. The monoisotopic (exact) mass is 362 g/mol. The number of aromatic nitrogens is 2. The van der Waals surface area contributed by atoms with E-state index in [1.807, 2.05) is 62.4 Å². The Balaban J connectivity index is 1.51. The molecule has 0 bridgehead atoms. The summed E-state index contributed by atoms with van der Waals surface area (Å²) in [7, 11) is 0. The number of carbonyl (C=O) groups excluding carboxylic acids is 2. The molecule has 1 aromatic heterocycles. The Morgan fingerprint density at radius 3 is 2.00 bits per heavy atom. The van der Waals surface area contributed by atoms with E-state index >= 15 is 0 Å². The minimum Gasteiger partial charge on any atom is -0.326 e. The molecule has 0 aliphatic rings. The van der Waals surface area contributed by atoms with Crippen LogP contribution < -0.4 is 10.6 Å².